The van der Waals surface area contributed by atoms with Gasteiger partial charge in [0.05, 0.1) is 17.4 Å². The van der Waals surface area contributed by atoms with Crippen LogP contribution in [0.3, 0.4) is 0 Å². The second-order valence-corrected chi connectivity index (χ2v) is 6.72. The lowest BCUT2D eigenvalue weighted by molar-refractivity contribution is 0.293. The fourth-order valence-corrected chi connectivity index (χ4v) is 2.85. The predicted octanol–water partition coefficient (Wildman–Crippen LogP) is 4.56. The number of ether oxygens (including phenoxy) is 2. The molecule has 146 valence electrons. The van der Waals surface area contributed by atoms with Crippen molar-refractivity contribution in [2.45, 2.75) is 13.5 Å². The Kier molecular flexibility index (Phi) is 5.14. The van der Waals surface area contributed by atoms with E-state index in [4.69, 9.17) is 21.1 Å². The summed E-state index contributed by atoms with van der Waals surface area (Å²) >= 11 is 5.76. The molecule has 3 heterocycles. The summed E-state index contributed by atoms with van der Waals surface area (Å²) in [6.07, 6.45) is 4.63. The van der Waals surface area contributed by atoms with Crippen LogP contribution in [-0.2, 0) is 6.61 Å². The van der Waals surface area contributed by atoms with E-state index in [-0.39, 0.29) is 17.2 Å². The van der Waals surface area contributed by atoms with Crippen molar-refractivity contribution >= 4 is 17.2 Å². The minimum absolute atomic E-state index is 0.0442. The molecule has 3 aromatic heterocycles. The second kappa shape index (κ2) is 7.89. The van der Waals surface area contributed by atoms with Crippen molar-refractivity contribution < 1.29 is 13.9 Å². The normalized spacial score (nSPS) is 10.9. The smallest absolute Gasteiger partial charge is 0.260 e. The molecule has 0 saturated carbocycles. The van der Waals surface area contributed by atoms with E-state index in [1.54, 1.807) is 49.6 Å². The number of aromatic nitrogens is 3. The first kappa shape index (κ1) is 18.9. The van der Waals surface area contributed by atoms with Gasteiger partial charge in [0.2, 0.25) is 5.88 Å². The van der Waals surface area contributed by atoms with E-state index in [0.717, 1.165) is 5.56 Å². The first-order chi connectivity index (χ1) is 14.0. The Morgan fingerprint density at radius 1 is 1.07 bits per heavy atom. The molecule has 4 rings (SSSR count). The molecule has 0 bridgehead atoms. The zero-order valence-electron chi connectivity index (χ0n) is 15.3. The van der Waals surface area contributed by atoms with Crippen LogP contribution in [0.2, 0.25) is 5.02 Å². The maximum absolute atomic E-state index is 13.2. The Bertz CT molecular complexity index is 1240. The summed E-state index contributed by atoms with van der Waals surface area (Å²) in [4.78, 5) is 20.6. The molecular weight excluding hydrogens is 397 g/mol. The third-order valence-corrected chi connectivity index (χ3v) is 4.45. The number of fused-ring (bicyclic) bond motifs is 1. The summed E-state index contributed by atoms with van der Waals surface area (Å²) in [6.45, 7) is 1.91. The second-order valence-electron chi connectivity index (χ2n) is 6.31. The van der Waals surface area contributed by atoms with E-state index in [1.807, 2.05) is 0 Å². The Balaban J connectivity index is 1.45. The van der Waals surface area contributed by atoms with Crippen LogP contribution in [0.25, 0.3) is 5.65 Å². The van der Waals surface area contributed by atoms with Crippen molar-refractivity contribution in [2.24, 2.45) is 0 Å². The standard InChI is InChI=1S/C21H15ClFN3O3/c1-13-9-24-19-6-3-16(11-26(19)21(13)27)29-15-4-7-20(25-10-15)28-12-14-2-5-18(23)17(22)8-14/h2-11H,12H2,1H3. The highest BCUT2D eigenvalue weighted by Gasteiger charge is 2.06. The molecule has 0 unspecified atom stereocenters. The van der Waals surface area contributed by atoms with E-state index < -0.39 is 5.82 Å². The molecule has 6 nitrogen and oxygen atoms in total. The van der Waals surface area contributed by atoms with Crippen LogP contribution in [0.5, 0.6) is 17.4 Å². The molecule has 0 aliphatic carbocycles. The number of pyridine rings is 2. The van der Waals surface area contributed by atoms with Crippen LogP contribution in [-0.4, -0.2) is 14.4 Å². The molecule has 0 radical (unpaired) electrons. The first-order valence-corrected chi connectivity index (χ1v) is 9.06. The number of benzene rings is 1. The molecule has 0 atom stereocenters. The monoisotopic (exact) mass is 411 g/mol. The van der Waals surface area contributed by atoms with Crippen molar-refractivity contribution in [3.63, 3.8) is 0 Å². The van der Waals surface area contributed by atoms with Crippen molar-refractivity contribution in [1.82, 2.24) is 14.4 Å². The summed E-state index contributed by atoms with van der Waals surface area (Å²) in [7, 11) is 0. The fraction of sp³-hybridized carbons (Fsp3) is 0.0952. The molecular formula is C21H15ClFN3O3. The van der Waals surface area contributed by atoms with Gasteiger partial charge in [-0.25, -0.2) is 14.4 Å². The maximum atomic E-state index is 13.2. The van der Waals surface area contributed by atoms with Crippen molar-refractivity contribution in [3.8, 4) is 17.4 Å². The quantitative estimate of drug-likeness (QED) is 0.481. The van der Waals surface area contributed by atoms with Gasteiger partial charge in [-0.15, -0.1) is 0 Å². The van der Waals surface area contributed by atoms with E-state index in [9.17, 15) is 9.18 Å². The molecule has 4 aromatic rings. The molecule has 0 aliphatic heterocycles. The summed E-state index contributed by atoms with van der Waals surface area (Å²) in [5.74, 6) is 0.864. The molecule has 1 aromatic carbocycles. The average Bonchev–Trinajstić information content (AvgIpc) is 2.73. The van der Waals surface area contributed by atoms with Crippen molar-refractivity contribution in [1.29, 1.82) is 0 Å². The number of rotatable bonds is 5. The van der Waals surface area contributed by atoms with Gasteiger partial charge in [0.25, 0.3) is 5.56 Å². The predicted molar refractivity (Wildman–Crippen MR) is 106 cm³/mol. The lowest BCUT2D eigenvalue weighted by atomic mass is 10.2. The Morgan fingerprint density at radius 3 is 2.66 bits per heavy atom. The average molecular weight is 412 g/mol. The topological polar surface area (TPSA) is 65.7 Å². The highest BCUT2D eigenvalue weighted by molar-refractivity contribution is 6.30. The molecule has 0 saturated heterocycles. The summed E-state index contributed by atoms with van der Waals surface area (Å²) in [6, 6.07) is 11.2. The number of aryl methyl sites for hydroxylation is 1. The lowest BCUT2D eigenvalue weighted by Gasteiger charge is -2.09. The minimum Gasteiger partial charge on any atom is -0.473 e. The molecule has 0 spiro atoms. The summed E-state index contributed by atoms with van der Waals surface area (Å²) in [5.41, 5.74) is 1.66. The zero-order valence-corrected chi connectivity index (χ0v) is 16.1. The van der Waals surface area contributed by atoms with Gasteiger partial charge in [-0.3, -0.25) is 9.20 Å². The zero-order chi connectivity index (χ0) is 20.4. The highest BCUT2D eigenvalue weighted by Crippen LogP contribution is 2.23. The number of hydrogen-bond acceptors (Lipinski definition) is 5. The van der Waals surface area contributed by atoms with Crippen molar-refractivity contribution in [3.05, 3.63) is 93.4 Å². The first-order valence-electron chi connectivity index (χ1n) is 8.68. The number of halogens is 2. The van der Waals surface area contributed by atoms with Crippen LogP contribution >= 0.6 is 11.6 Å². The van der Waals surface area contributed by atoms with Crippen LogP contribution in [0.1, 0.15) is 11.1 Å². The van der Waals surface area contributed by atoms with E-state index in [0.29, 0.717) is 28.6 Å². The van der Waals surface area contributed by atoms with Gasteiger partial charge in [-0.1, -0.05) is 17.7 Å². The number of nitrogens with zero attached hydrogens (tertiary/aromatic N) is 3. The van der Waals surface area contributed by atoms with Crippen LogP contribution in [0.15, 0.2) is 65.8 Å². The summed E-state index contributed by atoms with van der Waals surface area (Å²) < 4.78 is 26.0. The molecule has 8 heteroatoms. The van der Waals surface area contributed by atoms with Gasteiger partial charge in [0.15, 0.2) is 0 Å². The molecule has 29 heavy (non-hydrogen) atoms. The van der Waals surface area contributed by atoms with Gasteiger partial charge in [0, 0.05) is 17.8 Å². The molecule has 0 N–H and O–H groups in total. The van der Waals surface area contributed by atoms with Gasteiger partial charge >= 0.3 is 0 Å². The van der Waals surface area contributed by atoms with Gasteiger partial charge in [-0.05, 0) is 42.8 Å². The van der Waals surface area contributed by atoms with Gasteiger partial charge in [-0.2, -0.15) is 0 Å². The van der Waals surface area contributed by atoms with Gasteiger partial charge in [0.1, 0.15) is 29.6 Å². The minimum atomic E-state index is -0.475. The molecule has 0 amide bonds. The van der Waals surface area contributed by atoms with Crippen molar-refractivity contribution in [2.75, 3.05) is 0 Å². The van der Waals surface area contributed by atoms with Crippen LogP contribution < -0.4 is 15.0 Å². The third-order valence-electron chi connectivity index (χ3n) is 4.16. The molecule has 0 aliphatic rings. The van der Waals surface area contributed by atoms with Crippen LogP contribution in [0, 0.1) is 12.7 Å². The lowest BCUT2D eigenvalue weighted by Crippen LogP contribution is -2.16. The van der Waals surface area contributed by atoms with E-state index >= 15 is 0 Å². The van der Waals surface area contributed by atoms with Crippen LogP contribution in [0.4, 0.5) is 4.39 Å². The van der Waals surface area contributed by atoms with E-state index in [2.05, 4.69) is 9.97 Å². The third kappa shape index (κ3) is 4.20. The Hall–Kier alpha value is -3.45. The highest BCUT2D eigenvalue weighted by atomic mass is 35.5. The Morgan fingerprint density at radius 2 is 1.90 bits per heavy atom. The molecule has 0 fully saturated rings. The largest absolute Gasteiger partial charge is 0.473 e. The fourth-order valence-electron chi connectivity index (χ4n) is 2.65. The van der Waals surface area contributed by atoms with Gasteiger partial charge < -0.3 is 9.47 Å². The summed E-state index contributed by atoms with van der Waals surface area (Å²) in [5, 5.41) is 0.0442. The van der Waals surface area contributed by atoms with E-state index in [1.165, 1.54) is 22.7 Å². The number of hydrogen-bond donors (Lipinski definition) is 0. The SMILES string of the molecule is Cc1cnc2ccc(Oc3ccc(OCc4ccc(F)c(Cl)c4)nc3)cn2c1=O. The Labute approximate surface area is 170 Å². The maximum Gasteiger partial charge on any atom is 0.260 e.